The number of nitrogens with zero attached hydrogens (tertiary/aromatic N) is 1. The van der Waals surface area contributed by atoms with Gasteiger partial charge in [0.1, 0.15) is 0 Å². The summed E-state index contributed by atoms with van der Waals surface area (Å²) in [4.78, 5) is 5.84. The van der Waals surface area contributed by atoms with E-state index in [1.54, 1.807) is 11.3 Å². The first-order chi connectivity index (χ1) is 7.65. The summed E-state index contributed by atoms with van der Waals surface area (Å²) in [7, 11) is 0. The molecular weight excluding hydrogens is 234 g/mol. The second kappa shape index (κ2) is 5.02. The second-order valence-corrected chi connectivity index (χ2v) is 5.99. The van der Waals surface area contributed by atoms with Crippen LogP contribution in [0.25, 0.3) is 0 Å². The monoisotopic (exact) mass is 249 g/mol. The molecule has 2 rings (SSSR count). The number of thiazole rings is 1. The predicted molar refractivity (Wildman–Crippen MR) is 72.3 cm³/mol. The van der Waals surface area contributed by atoms with Crippen LogP contribution in [0.2, 0.25) is 0 Å². The summed E-state index contributed by atoms with van der Waals surface area (Å²) in [6.45, 7) is 6.35. The molecule has 0 unspecified atom stereocenters. The first-order valence-corrected chi connectivity index (χ1v) is 7.13. The minimum atomic E-state index is 0.967. The van der Waals surface area contributed by atoms with Gasteiger partial charge in [-0.2, -0.15) is 0 Å². The van der Waals surface area contributed by atoms with Crippen molar-refractivity contribution in [3.8, 4) is 0 Å². The molecule has 0 N–H and O–H groups in total. The fraction of sp³-hybridized carbons (Fsp3) is 0.308. The van der Waals surface area contributed by atoms with Crippen LogP contribution in [0.1, 0.15) is 21.8 Å². The topological polar surface area (TPSA) is 12.9 Å². The molecule has 0 aliphatic carbocycles. The standard InChI is InChI=1S/C13H15NS2/c1-9-4-5-10(2)13(6-9)16-8-12-7-15-11(3)14-12/h4-7H,8H2,1-3H3. The predicted octanol–water partition coefficient (Wildman–Crippen LogP) is 4.36. The van der Waals surface area contributed by atoms with Crippen molar-refractivity contribution in [3.63, 3.8) is 0 Å². The van der Waals surface area contributed by atoms with Crippen LogP contribution in [0.15, 0.2) is 28.5 Å². The number of hydrogen-bond donors (Lipinski definition) is 0. The van der Waals surface area contributed by atoms with Crippen molar-refractivity contribution in [1.82, 2.24) is 4.98 Å². The smallest absolute Gasteiger partial charge is 0.0897 e. The zero-order valence-corrected chi connectivity index (χ0v) is 11.4. The zero-order valence-electron chi connectivity index (χ0n) is 9.78. The van der Waals surface area contributed by atoms with Gasteiger partial charge >= 0.3 is 0 Å². The second-order valence-electron chi connectivity index (χ2n) is 3.92. The Labute approximate surface area is 105 Å². The van der Waals surface area contributed by atoms with Gasteiger partial charge < -0.3 is 0 Å². The highest BCUT2D eigenvalue weighted by atomic mass is 32.2. The first kappa shape index (κ1) is 11.7. The number of rotatable bonds is 3. The van der Waals surface area contributed by atoms with Crippen molar-refractivity contribution >= 4 is 23.1 Å². The third kappa shape index (κ3) is 2.86. The van der Waals surface area contributed by atoms with Gasteiger partial charge in [0, 0.05) is 16.0 Å². The molecule has 1 aromatic carbocycles. The van der Waals surface area contributed by atoms with Gasteiger partial charge in [-0.25, -0.2) is 4.98 Å². The van der Waals surface area contributed by atoms with Crippen LogP contribution >= 0.6 is 23.1 Å². The van der Waals surface area contributed by atoms with Gasteiger partial charge in [-0.15, -0.1) is 23.1 Å². The summed E-state index contributed by atoms with van der Waals surface area (Å²) in [5, 5.41) is 3.30. The minimum Gasteiger partial charge on any atom is -0.246 e. The summed E-state index contributed by atoms with van der Waals surface area (Å²) in [5.41, 5.74) is 3.86. The fourth-order valence-electron chi connectivity index (χ4n) is 1.49. The average molecular weight is 249 g/mol. The third-order valence-corrected chi connectivity index (χ3v) is 4.40. The van der Waals surface area contributed by atoms with Crippen LogP contribution in [0.5, 0.6) is 0 Å². The molecule has 84 valence electrons. The summed E-state index contributed by atoms with van der Waals surface area (Å²) < 4.78 is 0. The Bertz CT molecular complexity index is 488. The van der Waals surface area contributed by atoms with E-state index in [4.69, 9.17) is 0 Å². The molecule has 0 fully saturated rings. The van der Waals surface area contributed by atoms with Crippen molar-refractivity contribution in [2.24, 2.45) is 0 Å². The van der Waals surface area contributed by atoms with Gasteiger partial charge in [-0.1, -0.05) is 17.7 Å². The van der Waals surface area contributed by atoms with Crippen LogP contribution in [0.3, 0.4) is 0 Å². The lowest BCUT2D eigenvalue weighted by atomic mass is 10.2. The van der Waals surface area contributed by atoms with Crippen molar-refractivity contribution in [3.05, 3.63) is 45.4 Å². The highest BCUT2D eigenvalue weighted by molar-refractivity contribution is 7.98. The SMILES string of the molecule is Cc1ccc(C)c(SCc2csc(C)n2)c1. The Morgan fingerprint density at radius 3 is 2.75 bits per heavy atom. The Morgan fingerprint density at radius 1 is 1.25 bits per heavy atom. The highest BCUT2D eigenvalue weighted by Gasteiger charge is 2.02. The fourth-order valence-corrected chi connectivity index (χ4v) is 3.22. The molecule has 0 amide bonds. The van der Waals surface area contributed by atoms with Crippen LogP contribution in [-0.4, -0.2) is 4.98 Å². The Hall–Kier alpha value is -0.800. The molecule has 0 saturated heterocycles. The molecule has 1 aromatic heterocycles. The van der Waals surface area contributed by atoms with E-state index in [0.717, 1.165) is 10.8 Å². The molecule has 0 radical (unpaired) electrons. The van der Waals surface area contributed by atoms with Crippen LogP contribution < -0.4 is 0 Å². The van der Waals surface area contributed by atoms with E-state index >= 15 is 0 Å². The Kier molecular flexibility index (Phi) is 3.66. The van der Waals surface area contributed by atoms with Gasteiger partial charge in [-0.05, 0) is 32.4 Å². The first-order valence-electron chi connectivity index (χ1n) is 5.26. The minimum absolute atomic E-state index is 0.967. The van der Waals surface area contributed by atoms with Crippen molar-refractivity contribution in [2.75, 3.05) is 0 Å². The van der Waals surface area contributed by atoms with Crippen LogP contribution in [-0.2, 0) is 5.75 Å². The molecule has 0 atom stereocenters. The Balaban J connectivity index is 2.07. The van der Waals surface area contributed by atoms with E-state index in [0.29, 0.717) is 0 Å². The molecule has 2 aromatic rings. The van der Waals surface area contributed by atoms with Crippen LogP contribution in [0.4, 0.5) is 0 Å². The van der Waals surface area contributed by atoms with E-state index in [-0.39, 0.29) is 0 Å². The molecule has 0 aliphatic rings. The maximum atomic E-state index is 4.48. The quantitative estimate of drug-likeness (QED) is 0.750. The molecule has 1 nitrogen and oxygen atoms in total. The van der Waals surface area contributed by atoms with Gasteiger partial charge in [0.15, 0.2) is 0 Å². The summed E-state index contributed by atoms with van der Waals surface area (Å²) >= 11 is 3.59. The number of aromatic nitrogens is 1. The number of benzene rings is 1. The van der Waals surface area contributed by atoms with Gasteiger partial charge in [-0.3, -0.25) is 0 Å². The largest absolute Gasteiger partial charge is 0.246 e. The summed E-state index contributed by atoms with van der Waals surface area (Å²) in [6, 6.07) is 6.59. The maximum Gasteiger partial charge on any atom is 0.0897 e. The van der Waals surface area contributed by atoms with Gasteiger partial charge in [0.25, 0.3) is 0 Å². The summed E-state index contributed by atoms with van der Waals surface area (Å²) in [6.07, 6.45) is 0. The van der Waals surface area contributed by atoms with E-state index in [2.05, 4.69) is 49.3 Å². The number of aryl methyl sites for hydroxylation is 3. The summed E-state index contributed by atoms with van der Waals surface area (Å²) in [5.74, 6) is 0.967. The highest BCUT2D eigenvalue weighted by Crippen LogP contribution is 2.27. The lowest BCUT2D eigenvalue weighted by molar-refractivity contribution is 1.17. The van der Waals surface area contributed by atoms with Crippen molar-refractivity contribution in [1.29, 1.82) is 0 Å². The van der Waals surface area contributed by atoms with Crippen LogP contribution in [0, 0.1) is 20.8 Å². The van der Waals surface area contributed by atoms with Gasteiger partial charge in [0.2, 0.25) is 0 Å². The molecule has 3 heteroatoms. The molecule has 0 bridgehead atoms. The molecular formula is C13H15NS2. The molecule has 16 heavy (non-hydrogen) atoms. The van der Waals surface area contributed by atoms with E-state index < -0.39 is 0 Å². The molecule has 0 saturated carbocycles. The number of hydrogen-bond acceptors (Lipinski definition) is 3. The number of thioether (sulfide) groups is 1. The van der Waals surface area contributed by atoms with Gasteiger partial charge in [0.05, 0.1) is 10.7 Å². The van der Waals surface area contributed by atoms with E-state index in [1.165, 1.54) is 21.7 Å². The molecule has 1 heterocycles. The molecule has 0 spiro atoms. The van der Waals surface area contributed by atoms with E-state index in [1.807, 2.05) is 11.8 Å². The average Bonchev–Trinajstić information content (AvgIpc) is 2.66. The lowest BCUT2D eigenvalue weighted by Gasteiger charge is -2.05. The van der Waals surface area contributed by atoms with Crippen molar-refractivity contribution < 1.29 is 0 Å². The van der Waals surface area contributed by atoms with E-state index in [9.17, 15) is 0 Å². The Morgan fingerprint density at radius 2 is 2.06 bits per heavy atom. The third-order valence-electron chi connectivity index (χ3n) is 2.39. The zero-order chi connectivity index (χ0) is 11.5. The normalized spacial score (nSPS) is 10.7. The maximum absolute atomic E-state index is 4.48. The van der Waals surface area contributed by atoms with Crippen molar-refractivity contribution in [2.45, 2.75) is 31.4 Å². The lowest BCUT2D eigenvalue weighted by Crippen LogP contribution is -1.85. The molecule has 0 aliphatic heterocycles.